The fraction of sp³-hybridized carbons (Fsp3) is 0.167. The predicted molar refractivity (Wildman–Crippen MR) is 45.4 cm³/mol. The standard InChI is InChI=1S/C6H6BrN3O2/c1-10-4(2-3-5(11)12)6(7)8-9-10/h2-3H,1H3,(H,11,12)/b3-2+. The Morgan fingerprint density at radius 2 is 2.42 bits per heavy atom. The van der Waals surface area contributed by atoms with E-state index in [9.17, 15) is 4.79 Å². The summed E-state index contributed by atoms with van der Waals surface area (Å²) in [5, 5.41) is 15.7. The number of carbonyl (C=O) groups is 1. The maximum atomic E-state index is 10.2. The molecule has 1 N–H and O–H groups in total. The van der Waals surface area contributed by atoms with E-state index in [0.29, 0.717) is 10.3 Å². The molecule has 0 fully saturated rings. The van der Waals surface area contributed by atoms with E-state index in [-0.39, 0.29) is 0 Å². The Bertz CT molecular complexity index is 312. The van der Waals surface area contributed by atoms with Gasteiger partial charge in [-0.1, -0.05) is 5.21 Å². The highest BCUT2D eigenvalue weighted by atomic mass is 79.9. The Labute approximate surface area is 76.8 Å². The number of hydrogen-bond donors (Lipinski definition) is 1. The van der Waals surface area contributed by atoms with Gasteiger partial charge in [0.05, 0.1) is 5.69 Å². The summed E-state index contributed by atoms with van der Waals surface area (Å²) in [5.41, 5.74) is 0.623. The van der Waals surface area contributed by atoms with Crippen LogP contribution < -0.4 is 0 Å². The zero-order valence-corrected chi connectivity index (χ0v) is 7.82. The fourth-order valence-corrected chi connectivity index (χ4v) is 1.13. The van der Waals surface area contributed by atoms with E-state index in [1.807, 2.05) is 0 Å². The second kappa shape index (κ2) is 3.48. The lowest BCUT2D eigenvalue weighted by Gasteiger charge is -1.90. The van der Waals surface area contributed by atoms with Crippen molar-refractivity contribution < 1.29 is 9.90 Å². The van der Waals surface area contributed by atoms with Crippen molar-refractivity contribution in [2.45, 2.75) is 0 Å². The van der Waals surface area contributed by atoms with Gasteiger partial charge in [0.15, 0.2) is 4.60 Å². The molecule has 0 aliphatic carbocycles. The smallest absolute Gasteiger partial charge is 0.328 e. The van der Waals surface area contributed by atoms with Crippen molar-refractivity contribution in [1.82, 2.24) is 15.0 Å². The molecule has 64 valence electrons. The summed E-state index contributed by atoms with van der Waals surface area (Å²) >= 11 is 3.13. The predicted octanol–water partition coefficient (Wildman–Crippen LogP) is 0.675. The van der Waals surface area contributed by atoms with Gasteiger partial charge in [0, 0.05) is 13.1 Å². The normalized spacial score (nSPS) is 10.8. The third-order valence-electron chi connectivity index (χ3n) is 1.21. The Balaban J connectivity index is 2.95. The van der Waals surface area contributed by atoms with Gasteiger partial charge in [-0.25, -0.2) is 9.48 Å². The molecule has 0 atom stereocenters. The van der Waals surface area contributed by atoms with E-state index in [2.05, 4.69) is 26.2 Å². The van der Waals surface area contributed by atoms with Crippen LogP contribution in [0.5, 0.6) is 0 Å². The Kier molecular flexibility index (Phi) is 2.59. The van der Waals surface area contributed by atoms with Crippen molar-refractivity contribution in [2.75, 3.05) is 0 Å². The van der Waals surface area contributed by atoms with Crippen LogP contribution in [0.3, 0.4) is 0 Å². The highest BCUT2D eigenvalue weighted by molar-refractivity contribution is 9.10. The van der Waals surface area contributed by atoms with E-state index in [1.165, 1.54) is 10.8 Å². The molecule has 0 aromatic carbocycles. The molecular formula is C6H6BrN3O2. The lowest BCUT2D eigenvalue weighted by atomic mass is 10.4. The van der Waals surface area contributed by atoms with Gasteiger partial charge in [-0.3, -0.25) is 0 Å². The zero-order valence-electron chi connectivity index (χ0n) is 6.23. The van der Waals surface area contributed by atoms with E-state index in [4.69, 9.17) is 5.11 Å². The molecule has 1 aromatic rings. The molecule has 0 saturated carbocycles. The molecule has 1 rings (SSSR count). The zero-order chi connectivity index (χ0) is 9.14. The van der Waals surface area contributed by atoms with Crippen LogP contribution in [-0.4, -0.2) is 26.1 Å². The lowest BCUT2D eigenvalue weighted by Crippen LogP contribution is -1.94. The first kappa shape index (κ1) is 8.92. The highest BCUT2D eigenvalue weighted by Gasteiger charge is 2.03. The quantitative estimate of drug-likeness (QED) is 0.761. The average molecular weight is 232 g/mol. The van der Waals surface area contributed by atoms with Crippen LogP contribution in [0.1, 0.15) is 5.69 Å². The summed E-state index contributed by atoms with van der Waals surface area (Å²) in [5.74, 6) is -0.997. The van der Waals surface area contributed by atoms with Crippen LogP contribution in [0, 0.1) is 0 Å². The van der Waals surface area contributed by atoms with Gasteiger partial charge in [0.1, 0.15) is 0 Å². The van der Waals surface area contributed by atoms with Crippen LogP contribution in [0.25, 0.3) is 6.08 Å². The van der Waals surface area contributed by atoms with Crippen molar-refractivity contribution in [3.8, 4) is 0 Å². The van der Waals surface area contributed by atoms with Crippen molar-refractivity contribution >= 4 is 28.0 Å². The van der Waals surface area contributed by atoms with Crippen LogP contribution in [-0.2, 0) is 11.8 Å². The number of carboxylic acids is 1. The van der Waals surface area contributed by atoms with Crippen LogP contribution in [0.4, 0.5) is 0 Å². The van der Waals surface area contributed by atoms with Crippen LogP contribution >= 0.6 is 15.9 Å². The molecule has 6 heteroatoms. The molecule has 0 amide bonds. The SMILES string of the molecule is Cn1nnc(Br)c1/C=C/C(=O)O. The molecule has 1 heterocycles. The summed E-state index contributed by atoms with van der Waals surface area (Å²) in [4.78, 5) is 10.2. The second-order valence-electron chi connectivity index (χ2n) is 2.06. The molecule has 0 bridgehead atoms. The number of aryl methyl sites for hydroxylation is 1. The minimum atomic E-state index is -0.997. The monoisotopic (exact) mass is 231 g/mol. The average Bonchev–Trinajstić information content (AvgIpc) is 2.28. The molecule has 1 aromatic heterocycles. The van der Waals surface area contributed by atoms with Gasteiger partial charge in [0.2, 0.25) is 0 Å². The molecular weight excluding hydrogens is 226 g/mol. The molecule has 0 spiro atoms. The first-order valence-corrected chi connectivity index (χ1v) is 3.86. The van der Waals surface area contributed by atoms with Gasteiger partial charge >= 0.3 is 5.97 Å². The van der Waals surface area contributed by atoms with Crippen LogP contribution in [0.15, 0.2) is 10.7 Å². The third kappa shape index (κ3) is 1.91. The fourth-order valence-electron chi connectivity index (χ4n) is 0.666. The second-order valence-corrected chi connectivity index (χ2v) is 2.81. The largest absolute Gasteiger partial charge is 0.478 e. The molecule has 0 saturated heterocycles. The summed E-state index contributed by atoms with van der Waals surface area (Å²) in [7, 11) is 1.68. The van der Waals surface area contributed by atoms with Gasteiger partial charge in [-0.05, 0) is 22.0 Å². The minimum Gasteiger partial charge on any atom is -0.478 e. The summed E-state index contributed by atoms with van der Waals surface area (Å²) in [6.45, 7) is 0. The Morgan fingerprint density at radius 1 is 1.75 bits per heavy atom. The van der Waals surface area contributed by atoms with Gasteiger partial charge < -0.3 is 5.11 Å². The molecule has 0 aliphatic rings. The van der Waals surface area contributed by atoms with Crippen molar-refractivity contribution in [3.63, 3.8) is 0 Å². The number of halogens is 1. The number of hydrogen-bond acceptors (Lipinski definition) is 3. The first-order chi connectivity index (χ1) is 5.61. The van der Waals surface area contributed by atoms with E-state index in [1.54, 1.807) is 7.05 Å². The molecule has 0 aliphatic heterocycles. The van der Waals surface area contributed by atoms with E-state index >= 15 is 0 Å². The van der Waals surface area contributed by atoms with Gasteiger partial charge in [-0.15, -0.1) is 5.10 Å². The maximum absolute atomic E-state index is 10.2. The highest BCUT2D eigenvalue weighted by Crippen LogP contribution is 2.12. The lowest BCUT2D eigenvalue weighted by molar-refractivity contribution is -0.131. The molecule has 12 heavy (non-hydrogen) atoms. The molecule has 0 radical (unpaired) electrons. The van der Waals surface area contributed by atoms with Gasteiger partial charge in [-0.2, -0.15) is 0 Å². The Morgan fingerprint density at radius 3 is 2.83 bits per heavy atom. The number of carboxylic acid groups (broad SMARTS) is 1. The number of rotatable bonds is 2. The van der Waals surface area contributed by atoms with Crippen LogP contribution in [0.2, 0.25) is 0 Å². The van der Waals surface area contributed by atoms with Crippen molar-refractivity contribution in [1.29, 1.82) is 0 Å². The summed E-state index contributed by atoms with van der Waals surface area (Å²) in [6, 6.07) is 0. The summed E-state index contributed by atoms with van der Waals surface area (Å²) < 4.78 is 2.01. The number of aliphatic carboxylic acids is 1. The number of aromatic nitrogens is 3. The van der Waals surface area contributed by atoms with Gasteiger partial charge in [0.25, 0.3) is 0 Å². The van der Waals surface area contributed by atoms with Crippen molar-refractivity contribution in [2.24, 2.45) is 7.05 Å². The van der Waals surface area contributed by atoms with Crippen molar-refractivity contribution in [3.05, 3.63) is 16.4 Å². The maximum Gasteiger partial charge on any atom is 0.328 e. The molecule has 5 nitrogen and oxygen atoms in total. The van der Waals surface area contributed by atoms with E-state index < -0.39 is 5.97 Å². The third-order valence-corrected chi connectivity index (χ3v) is 1.78. The number of nitrogens with zero attached hydrogens (tertiary/aromatic N) is 3. The Hall–Kier alpha value is -1.17. The van der Waals surface area contributed by atoms with E-state index in [0.717, 1.165) is 6.08 Å². The first-order valence-electron chi connectivity index (χ1n) is 3.07. The molecule has 0 unspecified atom stereocenters. The topological polar surface area (TPSA) is 68.0 Å². The minimum absolute atomic E-state index is 0.530. The summed E-state index contributed by atoms with van der Waals surface area (Å²) in [6.07, 6.45) is 2.45.